The lowest BCUT2D eigenvalue weighted by Gasteiger charge is -2.17. The van der Waals surface area contributed by atoms with Crippen LogP contribution in [0, 0.1) is 12.3 Å². The lowest BCUT2D eigenvalue weighted by molar-refractivity contribution is -0.117. The molecule has 0 heterocycles. The molecule has 0 fully saturated rings. The molecule has 0 radical (unpaired) electrons. The van der Waals surface area contributed by atoms with Crippen molar-refractivity contribution in [3.05, 3.63) is 60.2 Å². The van der Waals surface area contributed by atoms with Gasteiger partial charge in [-0.25, -0.2) is 0 Å². The molecule has 3 nitrogen and oxygen atoms in total. The summed E-state index contributed by atoms with van der Waals surface area (Å²) in [4.78, 5) is 23.8. The largest absolute Gasteiger partial charge is 0.337 e. The van der Waals surface area contributed by atoms with Crippen LogP contribution < -0.4 is 5.32 Å². The molecule has 110 valence electrons. The zero-order chi connectivity index (χ0) is 16.2. The normalized spacial score (nSPS) is 11.3. The molecule has 22 heavy (non-hydrogen) atoms. The average Bonchev–Trinajstić information content (AvgIpc) is 2.51. The Labute approximate surface area is 130 Å². The maximum Gasteiger partial charge on any atom is 0.245 e. The molecule has 0 aliphatic heterocycles. The standard InChI is InChI=1S/C19H17NO2/c1-4-19(2,3)20-18(22)12-11-17(21)16-10-9-14-7-5-6-8-15(14)13-16/h1,5-13H,2-3H3,(H,20,22)/b12-11+. The minimum Gasteiger partial charge on any atom is -0.337 e. The number of terminal acetylenes is 1. The Bertz CT molecular complexity index is 794. The maximum atomic E-state index is 12.1. The second-order valence-corrected chi connectivity index (χ2v) is 5.52. The van der Waals surface area contributed by atoms with Gasteiger partial charge in [0, 0.05) is 11.6 Å². The number of carbonyl (C=O) groups is 2. The first-order valence-electron chi connectivity index (χ1n) is 6.92. The highest BCUT2D eigenvalue weighted by molar-refractivity contribution is 6.09. The number of allylic oxidation sites excluding steroid dienone is 1. The lowest BCUT2D eigenvalue weighted by Crippen LogP contribution is -2.41. The minimum atomic E-state index is -0.743. The minimum absolute atomic E-state index is 0.223. The Morgan fingerprint density at radius 1 is 1.09 bits per heavy atom. The van der Waals surface area contributed by atoms with Gasteiger partial charge in [0.2, 0.25) is 5.91 Å². The number of nitrogens with one attached hydrogen (secondary N) is 1. The number of amides is 1. The number of ketones is 1. The molecular weight excluding hydrogens is 274 g/mol. The van der Waals surface area contributed by atoms with Crippen LogP contribution in [0.5, 0.6) is 0 Å². The van der Waals surface area contributed by atoms with Crippen molar-refractivity contribution in [2.75, 3.05) is 0 Å². The highest BCUT2D eigenvalue weighted by atomic mass is 16.1. The smallest absolute Gasteiger partial charge is 0.245 e. The number of hydrogen-bond donors (Lipinski definition) is 1. The maximum absolute atomic E-state index is 12.1. The molecule has 2 rings (SSSR count). The molecular formula is C19H17NO2. The van der Waals surface area contributed by atoms with Crippen LogP contribution >= 0.6 is 0 Å². The Kier molecular flexibility index (Phi) is 4.43. The van der Waals surface area contributed by atoms with E-state index in [-0.39, 0.29) is 5.78 Å². The van der Waals surface area contributed by atoms with Crippen molar-refractivity contribution in [3.8, 4) is 12.3 Å². The average molecular weight is 291 g/mol. The third kappa shape index (κ3) is 3.83. The summed E-state index contributed by atoms with van der Waals surface area (Å²) in [6.45, 7) is 3.42. The van der Waals surface area contributed by atoms with Crippen LogP contribution in [0.1, 0.15) is 24.2 Å². The monoisotopic (exact) mass is 291 g/mol. The topological polar surface area (TPSA) is 46.2 Å². The number of carbonyl (C=O) groups excluding carboxylic acids is 2. The number of benzene rings is 2. The van der Waals surface area contributed by atoms with Crippen molar-refractivity contribution in [1.29, 1.82) is 0 Å². The molecule has 0 saturated carbocycles. The van der Waals surface area contributed by atoms with Gasteiger partial charge >= 0.3 is 0 Å². The predicted octanol–water partition coefficient (Wildman–Crippen LogP) is 3.11. The molecule has 0 bridgehead atoms. The molecule has 3 heteroatoms. The highest BCUT2D eigenvalue weighted by Crippen LogP contribution is 2.16. The van der Waals surface area contributed by atoms with Crippen molar-refractivity contribution in [2.24, 2.45) is 0 Å². The van der Waals surface area contributed by atoms with Gasteiger partial charge in [-0.05, 0) is 36.8 Å². The summed E-state index contributed by atoms with van der Waals surface area (Å²) in [5, 5.41) is 4.68. The van der Waals surface area contributed by atoms with E-state index in [1.165, 1.54) is 12.2 Å². The summed E-state index contributed by atoms with van der Waals surface area (Å²) in [6.07, 6.45) is 7.76. The van der Waals surface area contributed by atoms with Gasteiger partial charge in [0.05, 0.1) is 5.54 Å². The molecule has 1 amide bonds. The van der Waals surface area contributed by atoms with E-state index in [9.17, 15) is 9.59 Å². The molecule has 2 aromatic carbocycles. The van der Waals surface area contributed by atoms with Gasteiger partial charge in [-0.2, -0.15) is 0 Å². The van der Waals surface area contributed by atoms with Gasteiger partial charge in [0.15, 0.2) is 5.78 Å². The van der Waals surface area contributed by atoms with Gasteiger partial charge in [-0.1, -0.05) is 42.3 Å². The van der Waals surface area contributed by atoms with E-state index < -0.39 is 11.4 Å². The van der Waals surface area contributed by atoms with Crippen LogP contribution in [0.4, 0.5) is 0 Å². The number of fused-ring (bicyclic) bond motifs is 1. The van der Waals surface area contributed by atoms with Crippen molar-refractivity contribution in [2.45, 2.75) is 19.4 Å². The van der Waals surface area contributed by atoms with E-state index in [0.29, 0.717) is 5.56 Å². The Balaban J connectivity index is 2.12. The summed E-state index contributed by atoms with van der Waals surface area (Å²) in [7, 11) is 0. The van der Waals surface area contributed by atoms with E-state index in [2.05, 4.69) is 11.2 Å². The fraction of sp³-hybridized carbons (Fsp3) is 0.158. The summed E-state index contributed by atoms with van der Waals surface area (Å²) in [5.41, 5.74) is -0.202. The molecule has 0 unspecified atom stereocenters. The van der Waals surface area contributed by atoms with Gasteiger partial charge in [-0.3, -0.25) is 9.59 Å². The first-order valence-corrected chi connectivity index (χ1v) is 6.92. The van der Waals surface area contributed by atoms with Crippen LogP contribution in [-0.4, -0.2) is 17.2 Å². The second kappa shape index (κ2) is 6.28. The molecule has 0 saturated heterocycles. The first kappa shape index (κ1) is 15.5. The first-order chi connectivity index (χ1) is 10.4. The fourth-order valence-electron chi connectivity index (χ4n) is 1.98. The Hall–Kier alpha value is -2.86. The Morgan fingerprint density at radius 3 is 2.45 bits per heavy atom. The van der Waals surface area contributed by atoms with Gasteiger partial charge in [0.25, 0.3) is 0 Å². The second-order valence-electron chi connectivity index (χ2n) is 5.52. The summed E-state index contributed by atoms with van der Waals surface area (Å²) in [5.74, 6) is 1.85. The quantitative estimate of drug-likeness (QED) is 0.534. The van der Waals surface area contributed by atoms with Crippen molar-refractivity contribution in [1.82, 2.24) is 5.32 Å². The van der Waals surface area contributed by atoms with Crippen molar-refractivity contribution < 1.29 is 9.59 Å². The van der Waals surface area contributed by atoms with E-state index in [0.717, 1.165) is 10.8 Å². The summed E-state index contributed by atoms with van der Waals surface area (Å²) < 4.78 is 0. The van der Waals surface area contributed by atoms with Gasteiger partial charge in [0.1, 0.15) is 0 Å². The lowest BCUT2D eigenvalue weighted by atomic mass is 10.0. The van der Waals surface area contributed by atoms with Crippen LogP contribution in [0.25, 0.3) is 10.8 Å². The van der Waals surface area contributed by atoms with Crippen LogP contribution in [0.2, 0.25) is 0 Å². The SMILES string of the molecule is C#CC(C)(C)NC(=O)/C=C/C(=O)c1ccc2ccccc2c1. The third-order valence-electron chi connectivity index (χ3n) is 3.22. The van der Waals surface area contributed by atoms with Crippen molar-refractivity contribution >= 4 is 22.5 Å². The summed E-state index contributed by atoms with van der Waals surface area (Å²) in [6, 6.07) is 13.2. The summed E-state index contributed by atoms with van der Waals surface area (Å²) >= 11 is 0. The molecule has 0 aliphatic carbocycles. The van der Waals surface area contributed by atoms with Crippen LogP contribution in [0.15, 0.2) is 54.6 Å². The van der Waals surface area contributed by atoms with Crippen molar-refractivity contribution in [3.63, 3.8) is 0 Å². The fourth-order valence-corrected chi connectivity index (χ4v) is 1.98. The zero-order valence-electron chi connectivity index (χ0n) is 12.6. The molecule has 0 spiro atoms. The van der Waals surface area contributed by atoms with E-state index in [1.54, 1.807) is 19.9 Å². The van der Waals surface area contributed by atoms with E-state index >= 15 is 0 Å². The van der Waals surface area contributed by atoms with Gasteiger partial charge < -0.3 is 5.32 Å². The predicted molar refractivity (Wildman–Crippen MR) is 88.5 cm³/mol. The van der Waals surface area contributed by atoms with Crippen LogP contribution in [-0.2, 0) is 4.79 Å². The Morgan fingerprint density at radius 2 is 1.77 bits per heavy atom. The molecule has 2 aromatic rings. The molecule has 0 aliphatic rings. The molecule has 0 aromatic heterocycles. The molecule has 1 N–H and O–H groups in total. The van der Waals surface area contributed by atoms with E-state index in [1.807, 2.05) is 36.4 Å². The third-order valence-corrected chi connectivity index (χ3v) is 3.22. The van der Waals surface area contributed by atoms with Gasteiger partial charge in [-0.15, -0.1) is 6.42 Å². The number of rotatable bonds is 4. The molecule has 0 atom stereocenters. The number of hydrogen-bond acceptors (Lipinski definition) is 2. The zero-order valence-corrected chi connectivity index (χ0v) is 12.6. The highest BCUT2D eigenvalue weighted by Gasteiger charge is 2.15. The van der Waals surface area contributed by atoms with E-state index in [4.69, 9.17) is 6.42 Å². The van der Waals surface area contributed by atoms with Crippen LogP contribution in [0.3, 0.4) is 0 Å².